The van der Waals surface area contributed by atoms with E-state index in [0.717, 1.165) is 12.4 Å². The third-order valence-corrected chi connectivity index (χ3v) is 2.25. The van der Waals surface area contributed by atoms with E-state index in [1.54, 1.807) is 0 Å². The number of hydrogen-bond donors (Lipinski definition) is 5. The van der Waals surface area contributed by atoms with E-state index in [9.17, 15) is 14.4 Å². The van der Waals surface area contributed by atoms with E-state index in [1.165, 1.54) is 7.11 Å². The third-order valence-electron chi connectivity index (χ3n) is 2.25. The van der Waals surface area contributed by atoms with Crippen molar-refractivity contribution in [1.82, 2.24) is 0 Å². The molecule has 0 radical (unpaired) electrons. The molecule has 0 amide bonds. The molecular weight excluding hydrogens is 338 g/mol. The summed E-state index contributed by atoms with van der Waals surface area (Å²) in [5.41, 5.74) is 4.81. The molecule has 2 atom stereocenters. The highest BCUT2D eigenvalue weighted by Gasteiger charge is 2.29. The van der Waals surface area contributed by atoms with Crippen molar-refractivity contribution in [1.29, 1.82) is 0 Å². The standard InChI is InChI=1S/C8H10O.C4H6O6.C3H7NO2/c1-2-9-8-6-4-3-5-7-8;5-1(3(7)8)2(6)4(9)10;1-6-3(5)2-4/h3-7H,2H2,1H3;1-2,5-6H,(H,7,8)(H,9,10);2,4H2,1H3. The van der Waals surface area contributed by atoms with Gasteiger partial charge < -0.3 is 35.6 Å². The largest absolute Gasteiger partial charge is 0.494 e. The van der Waals surface area contributed by atoms with Crippen molar-refractivity contribution in [2.45, 2.75) is 19.1 Å². The number of hydrogen-bond acceptors (Lipinski definition) is 8. The van der Waals surface area contributed by atoms with E-state index in [1.807, 2.05) is 37.3 Å². The fraction of sp³-hybridized carbons (Fsp3) is 0.400. The second-order valence-electron chi connectivity index (χ2n) is 4.09. The summed E-state index contributed by atoms with van der Waals surface area (Å²) in [6, 6.07) is 9.80. The lowest BCUT2D eigenvalue weighted by molar-refractivity contribution is -0.165. The van der Waals surface area contributed by atoms with Crippen LogP contribution in [-0.2, 0) is 19.1 Å². The van der Waals surface area contributed by atoms with Crippen molar-refractivity contribution in [3.8, 4) is 5.75 Å². The van der Waals surface area contributed by atoms with Gasteiger partial charge in [0.05, 0.1) is 20.3 Å². The highest BCUT2D eigenvalue weighted by Crippen LogP contribution is 2.06. The molecule has 0 aromatic heterocycles. The SMILES string of the molecule is CCOc1ccccc1.COC(=O)CN.O=C(O)C(O)C(O)C(=O)O. The minimum absolute atomic E-state index is 0.0312. The maximum atomic E-state index is 9.83. The fourth-order valence-corrected chi connectivity index (χ4v) is 1.04. The minimum atomic E-state index is -2.27. The van der Waals surface area contributed by atoms with Gasteiger partial charge in [-0.05, 0) is 19.1 Å². The Morgan fingerprint density at radius 2 is 1.48 bits per heavy atom. The first kappa shape index (κ1) is 24.6. The maximum Gasteiger partial charge on any atom is 0.335 e. The number of esters is 1. The van der Waals surface area contributed by atoms with Crippen LogP contribution < -0.4 is 10.5 Å². The average Bonchev–Trinajstić information content (AvgIpc) is 2.61. The Morgan fingerprint density at radius 1 is 1.04 bits per heavy atom. The molecule has 1 aromatic carbocycles. The summed E-state index contributed by atoms with van der Waals surface area (Å²) < 4.78 is 9.34. The lowest BCUT2D eigenvalue weighted by Gasteiger charge is -2.07. The number of aliphatic hydroxyl groups excluding tert-OH is 2. The molecule has 142 valence electrons. The van der Waals surface area contributed by atoms with Crippen LogP contribution in [0.5, 0.6) is 5.75 Å². The van der Waals surface area contributed by atoms with Crippen LogP contribution in [0.3, 0.4) is 0 Å². The molecule has 6 N–H and O–H groups in total. The molecule has 0 aliphatic heterocycles. The number of benzene rings is 1. The first-order chi connectivity index (χ1) is 11.7. The number of aliphatic carboxylic acids is 2. The van der Waals surface area contributed by atoms with Crippen molar-refractivity contribution in [3.05, 3.63) is 30.3 Å². The molecule has 0 bridgehead atoms. The highest BCUT2D eigenvalue weighted by atomic mass is 16.5. The van der Waals surface area contributed by atoms with Crippen LogP contribution in [0.25, 0.3) is 0 Å². The van der Waals surface area contributed by atoms with Gasteiger partial charge in [0.15, 0.2) is 12.2 Å². The van der Waals surface area contributed by atoms with E-state index in [4.69, 9.17) is 30.9 Å². The second-order valence-corrected chi connectivity index (χ2v) is 4.09. The van der Waals surface area contributed by atoms with Gasteiger partial charge in [0, 0.05) is 0 Å². The van der Waals surface area contributed by atoms with Crippen molar-refractivity contribution >= 4 is 17.9 Å². The van der Waals surface area contributed by atoms with Gasteiger partial charge in [0.1, 0.15) is 5.75 Å². The molecule has 1 rings (SSSR count). The average molecular weight is 361 g/mol. The van der Waals surface area contributed by atoms with E-state index in [2.05, 4.69) is 4.74 Å². The number of rotatable bonds is 6. The second kappa shape index (κ2) is 14.9. The summed E-state index contributed by atoms with van der Waals surface area (Å²) in [6.45, 7) is 2.69. The third kappa shape index (κ3) is 13.4. The number of methoxy groups -OCH3 is 1. The first-order valence-electron chi connectivity index (χ1n) is 6.97. The Kier molecular flexibility index (Phi) is 14.6. The van der Waals surface area contributed by atoms with Crippen LogP contribution >= 0.6 is 0 Å². The lowest BCUT2D eigenvalue weighted by Crippen LogP contribution is -2.39. The van der Waals surface area contributed by atoms with Gasteiger partial charge in [-0.15, -0.1) is 0 Å². The van der Waals surface area contributed by atoms with Crippen LogP contribution in [0, 0.1) is 0 Å². The zero-order chi connectivity index (χ0) is 19.8. The summed E-state index contributed by atoms with van der Waals surface area (Å²) in [5.74, 6) is -2.97. The van der Waals surface area contributed by atoms with E-state index in [0.29, 0.717) is 0 Å². The minimum Gasteiger partial charge on any atom is -0.494 e. The molecule has 0 saturated heterocycles. The molecule has 2 unspecified atom stereocenters. The first-order valence-corrected chi connectivity index (χ1v) is 6.97. The number of aliphatic hydroxyl groups is 2. The number of para-hydroxylation sites is 1. The summed E-state index contributed by atoms with van der Waals surface area (Å²) >= 11 is 0. The number of carbonyl (C=O) groups is 3. The van der Waals surface area contributed by atoms with Crippen LogP contribution in [0.2, 0.25) is 0 Å². The molecule has 10 nitrogen and oxygen atoms in total. The predicted molar refractivity (Wildman–Crippen MR) is 86.0 cm³/mol. The van der Waals surface area contributed by atoms with Crippen molar-refractivity contribution in [2.75, 3.05) is 20.3 Å². The Balaban J connectivity index is 0. The van der Waals surface area contributed by atoms with Crippen LogP contribution in [0.1, 0.15) is 6.92 Å². The number of carbonyl (C=O) groups excluding carboxylic acids is 1. The number of ether oxygens (including phenoxy) is 2. The van der Waals surface area contributed by atoms with Gasteiger partial charge in [-0.25, -0.2) is 9.59 Å². The van der Waals surface area contributed by atoms with Crippen LogP contribution in [-0.4, -0.2) is 70.8 Å². The number of carboxylic acid groups (broad SMARTS) is 2. The van der Waals surface area contributed by atoms with Crippen molar-refractivity contribution in [3.63, 3.8) is 0 Å². The molecule has 25 heavy (non-hydrogen) atoms. The van der Waals surface area contributed by atoms with E-state index in [-0.39, 0.29) is 12.5 Å². The van der Waals surface area contributed by atoms with Gasteiger partial charge in [-0.3, -0.25) is 4.79 Å². The van der Waals surface area contributed by atoms with Crippen LogP contribution in [0.4, 0.5) is 0 Å². The summed E-state index contributed by atoms with van der Waals surface area (Å²) in [7, 11) is 1.30. The fourth-order valence-electron chi connectivity index (χ4n) is 1.04. The normalized spacial score (nSPS) is 11.4. The van der Waals surface area contributed by atoms with Gasteiger partial charge in [-0.1, -0.05) is 18.2 Å². The zero-order valence-corrected chi connectivity index (χ0v) is 13.9. The topological polar surface area (TPSA) is 177 Å². The number of carboxylic acids is 2. The van der Waals surface area contributed by atoms with Gasteiger partial charge >= 0.3 is 17.9 Å². The molecule has 10 heteroatoms. The Labute approximate surface area is 144 Å². The van der Waals surface area contributed by atoms with Gasteiger partial charge in [-0.2, -0.15) is 0 Å². The lowest BCUT2D eigenvalue weighted by atomic mass is 10.2. The highest BCUT2D eigenvalue weighted by molar-refractivity contribution is 5.83. The molecule has 0 aliphatic rings. The Morgan fingerprint density at radius 3 is 1.72 bits per heavy atom. The van der Waals surface area contributed by atoms with E-state index >= 15 is 0 Å². The molecule has 0 saturated carbocycles. The zero-order valence-electron chi connectivity index (χ0n) is 13.9. The summed E-state index contributed by atoms with van der Waals surface area (Å²) in [6.07, 6.45) is -4.53. The molecule has 0 fully saturated rings. The van der Waals surface area contributed by atoms with Crippen LogP contribution in [0.15, 0.2) is 30.3 Å². The van der Waals surface area contributed by atoms with Crippen molar-refractivity contribution < 1.29 is 44.3 Å². The molecule has 1 aromatic rings. The molecule has 0 heterocycles. The smallest absolute Gasteiger partial charge is 0.335 e. The predicted octanol–water partition coefficient (Wildman–Crippen LogP) is -0.919. The van der Waals surface area contributed by atoms with Gasteiger partial charge in [0.2, 0.25) is 0 Å². The Hall–Kier alpha value is -2.69. The molecular formula is C15H23NO9. The molecule has 0 aliphatic carbocycles. The monoisotopic (exact) mass is 361 g/mol. The van der Waals surface area contributed by atoms with Crippen molar-refractivity contribution in [2.24, 2.45) is 5.73 Å². The van der Waals surface area contributed by atoms with E-state index < -0.39 is 24.1 Å². The summed E-state index contributed by atoms with van der Waals surface area (Å²) in [5, 5.41) is 32.5. The maximum absolute atomic E-state index is 9.83. The van der Waals surface area contributed by atoms with Gasteiger partial charge in [0.25, 0.3) is 0 Å². The quantitative estimate of drug-likeness (QED) is 0.398. The summed E-state index contributed by atoms with van der Waals surface area (Å²) in [4.78, 5) is 29.4. The molecule has 0 spiro atoms. The Bertz CT molecular complexity index is 483. The number of nitrogens with two attached hydrogens (primary N) is 1.